The highest BCUT2D eigenvalue weighted by atomic mass is 79.9. The zero-order valence-corrected chi connectivity index (χ0v) is 7.96. The van der Waals surface area contributed by atoms with Crippen molar-refractivity contribution in [1.29, 1.82) is 0 Å². The number of nitrogen functional groups attached to an aromatic ring is 1. The Labute approximate surface area is 72.1 Å². The molecule has 0 atom stereocenters. The molecule has 2 N–H and O–H groups in total. The third-order valence-electron chi connectivity index (χ3n) is 1.09. The van der Waals surface area contributed by atoms with Gasteiger partial charge in [0.2, 0.25) is 0 Å². The molecule has 0 aliphatic heterocycles. The molecule has 1 heterocycles. The van der Waals surface area contributed by atoms with E-state index in [1.807, 2.05) is 6.07 Å². The summed E-state index contributed by atoms with van der Waals surface area (Å²) < 4.78 is 5.98. The number of thiophene rings is 1. The summed E-state index contributed by atoms with van der Waals surface area (Å²) in [6.07, 6.45) is 0. The van der Waals surface area contributed by atoms with Crippen molar-refractivity contribution in [2.24, 2.45) is 0 Å². The Morgan fingerprint density at radius 3 is 2.90 bits per heavy atom. The van der Waals surface area contributed by atoms with Gasteiger partial charge in [-0.25, -0.2) is 0 Å². The first-order chi connectivity index (χ1) is 4.74. The molecule has 1 aromatic rings. The second-order valence-electron chi connectivity index (χ2n) is 1.86. The van der Waals surface area contributed by atoms with Crippen LogP contribution in [0.4, 0.5) is 5.69 Å². The van der Waals surface area contributed by atoms with Crippen LogP contribution in [0, 0.1) is 0 Å². The maximum absolute atomic E-state index is 5.63. The van der Waals surface area contributed by atoms with Crippen LogP contribution in [0.3, 0.4) is 0 Å². The molecule has 0 radical (unpaired) electrons. The van der Waals surface area contributed by atoms with Gasteiger partial charge in [-0.2, -0.15) is 0 Å². The standard InChI is InChI=1S/C6H8BrNOS/c1-9-3-5-4(8)2-6(7)10-5/h2H,3,8H2,1H3. The Hall–Kier alpha value is -0.0600. The lowest BCUT2D eigenvalue weighted by atomic mass is 10.4. The minimum absolute atomic E-state index is 0.599. The second-order valence-corrected chi connectivity index (χ2v) is 4.38. The van der Waals surface area contributed by atoms with Gasteiger partial charge in [-0.05, 0) is 22.0 Å². The molecule has 2 nitrogen and oxygen atoms in total. The van der Waals surface area contributed by atoms with E-state index in [-0.39, 0.29) is 0 Å². The highest BCUT2D eigenvalue weighted by Crippen LogP contribution is 2.29. The van der Waals surface area contributed by atoms with Crippen LogP contribution < -0.4 is 5.73 Å². The molecule has 0 bridgehead atoms. The van der Waals surface area contributed by atoms with Crippen molar-refractivity contribution in [3.05, 3.63) is 14.7 Å². The first-order valence-corrected chi connectivity index (χ1v) is 4.37. The number of rotatable bonds is 2. The van der Waals surface area contributed by atoms with E-state index in [2.05, 4.69) is 15.9 Å². The lowest BCUT2D eigenvalue weighted by molar-refractivity contribution is 0.188. The van der Waals surface area contributed by atoms with E-state index in [1.165, 1.54) is 0 Å². The van der Waals surface area contributed by atoms with Gasteiger partial charge in [-0.3, -0.25) is 0 Å². The number of methoxy groups -OCH3 is 1. The smallest absolute Gasteiger partial charge is 0.0826 e. The average molecular weight is 222 g/mol. The molecule has 10 heavy (non-hydrogen) atoms. The Morgan fingerprint density at radius 1 is 1.80 bits per heavy atom. The number of nitrogens with two attached hydrogens (primary N) is 1. The van der Waals surface area contributed by atoms with Crippen LogP contribution in [-0.4, -0.2) is 7.11 Å². The molecule has 0 aliphatic rings. The molecule has 0 amide bonds. The molecule has 0 saturated heterocycles. The molecule has 0 aromatic carbocycles. The summed E-state index contributed by atoms with van der Waals surface area (Å²) in [6, 6.07) is 1.89. The number of hydrogen-bond acceptors (Lipinski definition) is 3. The minimum atomic E-state index is 0.599. The minimum Gasteiger partial charge on any atom is -0.398 e. The van der Waals surface area contributed by atoms with E-state index in [1.54, 1.807) is 18.4 Å². The van der Waals surface area contributed by atoms with Gasteiger partial charge in [0.15, 0.2) is 0 Å². The largest absolute Gasteiger partial charge is 0.398 e. The fourth-order valence-corrected chi connectivity index (χ4v) is 2.26. The van der Waals surface area contributed by atoms with Crippen molar-refractivity contribution in [3.63, 3.8) is 0 Å². The molecular formula is C6H8BrNOS. The number of anilines is 1. The summed E-state index contributed by atoms with van der Waals surface area (Å²) in [5.41, 5.74) is 6.43. The van der Waals surface area contributed by atoms with Crippen LogP contribution >= 0.6 is 27.3 Å². The van der Waals surface area contributed by atoms with Crippen molar-refractivity contribution in [3.8, 4) is 0 Å². The van der Waals surface area contributed by atoms with Gasteiger partial charge in [0, 0.05) is 12.8 Å². The average Bonchev–Trinajstić information content (AvgIpc) is 2.13. The summed E-state index contributed by atoms with van der Waals surface area (Å²) in [6.45, 7) is 0.599. The van der Waals surface area contributed by atoms with E-state index in [4.69, 9.17) is 10.5 Å². The SMILES string of the molecule is COCc1sc(Br)cc1N. The van der Waals surface area contributed by atoms with Crippen LogP contribution in [0.15, 0.2) is 9.85 Å². The molecule has 0 saturated carbocycles. The Kier molecular flexibility index (Phi) is 2.71. The predicted octanol–water partition coefficient (Wildman–Crippen LogP) is 2.24. The predicted molar refractivity (Wildman–Crippen MR) is 47.1 cm³/mol. The maximum atomic E-state index is 5.63. The third kappa shape index (κ3) is 1.71. The highest BCUT2D eigenvalue weighted by molar-refractivity contribution is 9.11. The van der Waals surface area contributed by atoms with Crippen molar-refractivity contribution < 1.29 is 4.74 Å². The van der Waals surface area contributed by atoms with Crippen LogP contribution in [0.2, 0.25) is 0 Å². The Bertz CT molecular complexity index is 224. The summed E-state index contributed by atoms with van der Waals surface area (Å²) in [7, 11) is 1.66. The molecule has 0 unspecified atom stereocenters. The van der Waals surface area contributed by atoms with Gasteiger partial charge >= 0.3 is 0 Å². The summed E-state index contributed by atoms with van der Waals surface area (Å²) in [4.78, 5) is 1.08. The molecule has 0 spiro atoms. The van der Waals surface area contributed by atoms with Crippen LogP contribution in [0.5, 0.6) is 0 Å². The Balaban J connectivity index is 2.81. The lowest BCUT2D eigenvalue weighted by Crippen LogP contribution is -1.89. The van der Waals surface area contributed by atoms with E-state index in [0.29, 0.717) is 6.61 Å². The molecule has 0 aliphatic carbocycles. The molecular weight excluding hydrogens is 214 g/mol. The summed E-state index contributed by atoms with van der Waals surface area (Å²) in [5, 5.41) is 0. The first-order valence-electron chi connectivity index (χ1n) is 2.76. The molecule has 0 fully saturated rings. The highest BCUT2D eigenvalue weighted by Gasteiger charge is 2.02. The van der Waals surface area contributed by atoms with Crippen molar-refractivity contribution in [2.45, 2.75) is 6.61 Å². The normalized spacial score (nSPS) is 10.2. The van der Waals surface area contributed by atoms with Gasteiger partial charge in [0.05, 0.1) is 15.3 Å². The van der Waals surface area contributed by atoms with Crippen molar-refractivity contribution in [1.82, 2.24) is 0 Å². The van der Waals surface area contributed by atoms with Gasteiger partial charge < -0.3 is 10.5 Å². The van der Waals surface area contributed by atoms with Gasteiger partial charge in [-0.1, -0.05) is 0 Å². The molecule has 4 heteroatoms. The van der Waals surface area contributed by atoms with Crippen molar-refractivity contribution in [2.75, 3.05) is 12.8 Å². The van der Waals surface area contributed by atoms with Crippen molar-refractivity contribution >= 4 is 33.0 Å². The fraction of sp³-hybridized carbons (Fsp3) is 0.333. The molecule has 1 rings (SSSR count). The quantitative estimate of drug-likeness (QED) is 0.832. The van der Waals surface area contributed by atoms with E-state index in [0.717, 1.165) is 14.4 Å². The van der Waals surface area contributed by atoms with Gasteiger partial charge in [0.25, 0.3) is 0 Å². The van der Waals surface area contributed by atoms with Crippen LogP contribution in [0.1, 0.15) is 4.88 Å². The monoisotopic (exact) mass is 221 g/mol. The summed E-state index contributed by atoms with van der Waals surface area (Å²) in [5.74, 6) is 0. The molecule has 56 valence electrons. The van der Waals surface area contributed by atoms with Gasteiger partial charge in [-0.15, -0.1) is 11.3 Å². The van der Waals surface area contributed by atoms with Gasteiger partial charge in [0.1, 0.15) is 0 Å². The number of ether oxygens (including phenoxy) is 1. The summed E-state index contributed by atoms with van der Waals surface area (Å²) >= 11 is 4.94. The number of hydrogen-bond donors (Lipinski definition) is 1. The third-order valence-corrected chi connectivity index (χ3v) is 2.71. The zero-order chi connectivity index (χ0) is 7.56. The lowest BCUT2D eigenvalue weighted by Gasteiger charge is -1.94. The van der Waals surface area contributed by atoms with E-state index < -0.39 is 0 Å². The topological polar surface area (TPSA) is 35.2 Å². The second kappa shape index (κ2) is 3.37. The molecule has 1 aromatic heterocycles. The van der Waals surface area contributed by atoms with E-state index >= 15 is 0 Å². The van der Waals surface area contributed by atoms with Crippen LogP contribution in [-0.2, 0) is 11.3 Å². The van der Waals surface area contributed by atoms with Crippen LogP contribution in [0.25, 0.3) is 0 Å². The Morgan fingerprint density at radius 2 is 2.50 bits per heavy atom. The zero-order valence-electron chi connectivity index (χ0n) is 5.56. The first kappa shape index (κ1) is 8.04. The van der Waals surface area contributed by atoms with E-state index in [9.17, 15) is 0 Å². The fourth-order valence-electron chi connectivity index (χ4n) is 0.653. The number of halogens is 1. The maximum Gasteiger partial charge on any atom is 0.0826 e.